The Morgan fingerprint density at radius 2 is 2.21 bits per heavy atom. The SMILES string of the molecule is O=C(NCC1CCN(C(=O)c2ccn(CC(F)F)n2)C1)c1cc2c([nH]1)CCC2. The summed E-state index contributed by atoms with van der Waals surface area (Å²) < 4.78 is 25.9. The van der Waals surface area contributed by atoms with Crippen molar-refractivity contribution in [2.75, 3.05) is 19.6 Å². The lowest BCUT2D eigenvalue weighted by Crippen LogP contribution is -2.33. The van der Waals surface area contributed by atoms with Gasteiger partial charge in [-0.3, -0.25) is 14.3 Å². The molecule has 1 unspecified atom stereocenters. The Balaban J connectivity index is 1.27. The first-order valence-electron chi connectivity index (χ1n) is 9.59. The largest absolute Gasteiger partial charge is 0.354 e. The van der Waals surface area contributed by atoms with Crippen LogP contribution in [-0.4, -0.2) is 57.5 Å². The van der Waals surface area contributed by atoms with Gasteiger partial charge in [0, 0.05) is 31.5 Å². The van der Waals surface area contributed by atoms with Crippen molar-refractivity contribution in [1.29, 1.82) is 0 Å². The summed E-state index contributed by atoms with van der Waals surface area (Å²) in [7, 11) is 0. The Morgan fingerprint density at radius 1 is 1.36 bits per heavy atom. The third-order valence-corrected chi connectivity index (χ3v) is 5.42. The molecule has 1 aliphatic carbocycles. The van der Waals surface area contributed by atoms with Crippen LogP contribution in [0.3, 0.4) is 0 Å². The van der Waals surface area contributed by atoms with Crippen molar-refractivity contribution in [3.63, 3.8) is 0 Å². The molecule has 28 heavy (non-hydrogen) atoms. The van der Waals surface area contributed by atoms with Crippen molar-refractivity contribution in [2.24, 2.45) is 5.92 Å². The number of halogens is 2. The van der Waals surface area contributed by atoms with Gasteiger partial charge >= 0.3 is 0 Å². The first kappa shape index (κ1) is 18.6. The van der Waals surface area contributed by atoms with Crippen molar-refractivity contribution in [3.8, 4) is 0 Å². The van der Waals surface area contributed by atoms with Gasteiger partial charge in [-0.1, -0.05) is 0 Å². The molecule has 2 aliphatic rings. The first-order valence-corrected chi connectivity index (χ1v) is 9.59. The standard InChI is InChI=1S/C19H23F2N5O2/c20-17(21)11-26-7-5-15(24-26)19(28)25-6-4-12(10-25)9-22-18(27)16-8-13-2-1-3-14(13)23-16/h5,7-8,12,17,23H,1-4,6,9-11H2,(H,22,27). The van der Waals surface area contributed by atoms with E-state index in [4.69, 9.17) is 0 Å². The average Bonchev–Trinajstić information content (AvgIpc) is 3.41. The van der Waals surface area contributed by atoms with Crippen LogP contribution in [-0.2, 0) is 19.4 Å². The summed E-state index contributed by atoms with van der Waals surface area (Å²) in [6, 6.07) is 3.39. The van der Waals surface area contributed by atoms with Crippen LogP contribution in [0.1, 0.15) is 45.1 Å². The molecule has 150 valence electrons. The van der Waals surface area contributed by atoms with Crippen molar-refractivity contribution < 1.29 is 18.4 Å². The van der Waals surface area contributed by atoms with E-state index in [9.17, 15) is 18.4 Å². The highest BCUT2D eigenvalue weighted by Crippen LogP contribution is 2.22. The van der Waals surface area contributed by atoms with Crippen LogP contribution < -0.4 is 5.32 Å². The molecule has 2 N–H and O–H groups in total. The number of hydrogen-bond donors (Lipinski definition) is 2. The fourth-order valence-electron chi connectivity index (χ4n) is 3.96. The minimum absolute atomic E-state index is 0.120. The predicted molar refractivity (Wildman–Crippen MR) is 97.4 cm³/mol. The smallest absolute Gasteiger partial charge is 0.274 e. The molecule has 2 aromatic rings. The summed E-state index contributed by atoms with van der Waals surface area (Å²) in [6.07, 6.45) is 2.81. The molecule has 0 aromatic carbocycles. The van der Waals surface area contributed by atoms with Crippen LogP contribution in [0, 0.1) is 5.92 Å². The number of rotatable bonds is 6. The highest BCUT2D eigenvalue weighted by atomic mass is 19.3. The number of fused-ring (bicyclic) bond motifs is 1. The van der Waals surface area contributed by atoms with Gasteiger partial charge in [-0.2, -0.15) is 5.10 Å². The van der Waals surface area contributed by atoms with Gasteiger partial charge in [0.1, 0.15) is 17.9 Å². The topological polar surface area (TPSA) is 83.0 Å². The molecule has 2 aromatic heterocycles. The van der Waals surface area contributed by atoms with Gasteiger partial charge in [0.05, 0.1) is 0 Å². The fraction of sp³-hybridized carbons (Fsp3) is 0.526. The molecule has 1 atom stereocenters. The molecule has 4 rings (SSSR count). The molecule has 0 radical (unpaired) electrons. The van der Waals surface area contributed by atoms with Crippen LogP contribution in [0.15, 0.2) is 18.3 Å². The second-order valence-corrected chi connectivity index (χ2v) is 7.47. The minimum atomic E-state index is -2.51. The number of aryl methyl sites for hydroxylation is 2. The summed E-state index contributed by atoms with van der Waals surface area (Å²) in [5.74, 6) is -0.217. The molecule has 7 nitrogen and oxygen atoms in total. The van der Waals surface area contributed by atoms with Gasteiger partial charge in [0.25, 0.3) is 18.2 Å². The van der Waals surface area contributed by atoms with Crippen LogP contribution >= 0.6 is 0 Å². The lowest BCUT2D eigenvalue weighted by Gasteiger charge is -2.15. The van der Waals surface area contributed by atoms with E-state index >= 15 is 0 Å². The Hall–Kier alpha value is -2.71. The third kappa shape index (κ3) is 3.93. The predicted octanol–water partition coefficient (Wildman–Crippen LogP) is 1.86. The van der Waals surface area contributed by atoms with Gasteiger partial charge in [0.15, 0.2) is 0 Å². The number of nitrogens with zero attached hydrogens (tertiary/aromatic N) is 3. The van der Waals surface area contributed by atoms with Crippen LogP contribution in [0.2, 0.25) is 0 Å². The molecule has 0 bridgehead atoms. The molecule has 1 saturated heterocycles. The van der Waals surface area contributed by atoms with E-state index in [0.29, 0.717) is 25.3 Å². The number of amides is 2. The highest BCUT2D eigenvalue weighted by molar-refractivity contribution is 5.93. The monoisotopic (exact) mass is 391 g/mol. The number of aromatic amines is 1. The lowest BCUT2D eigenvalue weighted by atomic mass is 10.1. The van der Waals surface area contributed by atoms with Crippen molar-refractivity contribution in [3.05, 3.63) is 41.0 Å². The fourth-order valence-corrected chi connectivity index (χ4v) is 3.96. The van der Waals surface area contributed by atoms with Gasteiger partial charge < -0.3 is 15.2 Å². The summed E-state index contributed by atoms with van der Waals surface area (Å²) in [5.41, 5.74) is 3.16. The number of H-pyrrole nitrogens is 1. The number of hydrogen-bond acceptors (Lipinski definition) is 3. The van der Waals surface area contributed by atoms with Gasteiger partial charge in [-0.25, -0.2) is 8.78 Å². The highest BCUT2D eigenvalue weighted by Gasteiger charge is 2.29. The number of carbonyl (C=O) groups is 2. The number of aromatic nitrogens is 3. The lowest BCUT2D eigenvalue weighted by molar-refractivity contribution is 0.0777. The van der Waals surface area contributed by atoms with Crippen LogP contribution in [0.25, 0.3) is 0 Å². The number of likely N-dealkylation sites (tertiary alicyclic amines) is 1. The second-order valence-electron chi connectivity index (χ2n) is 7.47. The van der Waals surface area contributed by atoms with E-state index in [2.05, 4.69) is 15.4 Å². The maximum absolute atomic E-state index is 12.5. The van der Waals surface area contributed by atoms with E-state index in [1.807, 2.05) is 6.07 Å². The van der Waals surface area contributed by atoms with E-state index in [1.54, 1.807) is 4.90 Å². The second kappa shape index (κ2) is 7.73. The van der Waals surface area contributed by atoms with E-state index in [1.165, 1.54) is 17.8 Å². The van der Waals surface area contributed by atoms with Crippen LogP contribution in [0.4, 0.5) is 8.78 Å². The zero-order valence-corrected chi connectivity index (χ0v) is 15.5. The Kier molecular flexibility index (Phi) is 5.15. The van der Waals surface area contributed by atoms with Crippen LogP contribution in [0.5, 0.6) is 0 Å². The summed E-state index contributed by atoms with van der Waals surface area (Å²) in [5, 5.41) is 6.87. The maximum atomic E-state index is 12.5. The molecular formula is C19H23F2N5O2. The molecule has 2 amide bonds. The third-order valence-electron chi connectivity index (χ3n) is 5.42. The normalized spacial score (nSPS) is 18.7. The molecule has 9 heteroatoms. The molecule has 0 spiro atoms. The van der Waals surface area contributed by atoms with Gasteiger partial charge in [0.2, 0.25) is 0 Å². The molecule has 0 saturated carbocycles. The molecule has 1 fully saturated rings. The summed E-state index contributed by atoms with van der Waals surface area (Å²) >= 11 is 0. The first-order chi connectivity index (χ1) is 13.5. The van der Waals surface area contributed by atoms with E-state index in [-0.39, 0.29) is 23.4 Å². The quantitative estimate of drug-likeness (QED) is 0.789. The molecular weight excluding hydrogens is 368 g/mol. The summed E-state index contributed by atoms with van der Waals surface area (Å²) in [4.78, 5) is 29.7. The van der Waals surface area contributed by atoms with Gasteiger partial charge in [-0.05, 0) is 49.3 Å². The number of nitrogens with one attached hydrogen (secondary N) is 2. The van der Waals surface area contributed by atoms with Crippen molar-refractivity contribution in [2.45, 2.75) is 38.7 Å². The van der Waals surface area contributed by atoms with E-state index < -0.39 is 13.0 Å². The summed E-state index contributed by atoms with van der Waals surface area (Å²) in [6.45, 7) is 1.05. The van der Waals surface area contributed by atoms with Gasteiger partial charge in [-0.15, -0.1) is 0 Å². The zero-order chi connectivity index (χ0) is 19.7. The maximum Gasteiger partial charge on any atom is 0.274 e. The molecule has 1 aliphatic heterocycles. The number of carbonyl (C=O) groups excluding carboxylic acids is 2. The average molecular weight is 391 g/mol. The molecule has 3 heterocycles. The zero-order valence-electron chi connectivity index (χ0n) is 15.5. The number of alkyl halides is 2. The van der Waals surface area contributed by atoms with Crippen molar-refractivity contribution in [1.82, 2.24) is 25.0 Å². The van der Waals surface area contributed by atoms with Crippen molar-refractivity contribution >= 4 is 11.8 Å². The Morgan fingerprint density at radius 3 is 3.00 bits per heavy atom. The van der Waals surface area contributed by atoms with E-state index in [0.717, 1.165) is 36.1 Å². The Bertz CT molecular complexity index is 854. The Labute approximate surface area is 161 Å². The minimum Gasteiger partial charge on any atom is -0.354 e.